The molecule has 0 heterocycles. The first kappa shape index (κ1) is 29.0. The fourth-order valence-corrected chi connectivity index (χ4v) is 3.73. The third-order valence-electron chi connectivity index (χ3n) is 5.82. The zero-order valence-corrected chi connectivity index (χ0v) is 21.9. The van der Waals surface area contributed by atoms with Crippen molar-refractivity contribution < 1.29 is 19.1 Å². The third-order valence-corrected chi connectivity index (χ3v) is 5.82. The highest BCUT2D eigenvalue weighted by atomic mass is 16.6. The number of nitrogens with one attached hydrogen (secondary N) is 1. The van der Waals surface area contributed by atoms with Crippen LogP contribution in [-0.4, -0.2) is 31.2 Å². The Morgan fingerprint density at radius 2 is 1.47 bits per heavy atom. The Kier molecular flexibility index (Phi) is 14.5. The highest BCUT2D eigenvalue weighted by Gasteiger charge is 2.19. The average Bonchev–Trinajstić information content (AvgIpc) is 2.90. The summed E-state index contributed by atoms with van der Waals surface area (Å²) in [6, 6.07) is 17.8. The second-order valence-corrected chi connectivity index (χ2v) is 8.87. The van der Waals surface area contributed by atoms with E-state index >= 15 is 0 Å². The quantitative estimate of drug-likeness (QED) is 0.156. The molecule has 1 N–H and O–H groups in total. The van der Waals surface area contributed by atoms with Gasteiger partial charge < -0.3 is 14.8 Å². The maximum absolute atomic E-state index is 12.2. The van der Waals surface area contributed by atoms with E-state index in [1.54, 1.807) is 19.1 Å². The molecule has 2 aromatic carbocycles. The average molecular weight is 492 g/mol. The van der Waals surface area contributed by atoms with Gasteiger partial charge in [0.1, 0.15) is 0 Å². The number of hydrogen-bond acceptors (Lipinski definition) is 5. The normalized spacial score (nSPS) is 11.2. The van der Waals surface area contributed by atoms with Crippen LogP contribution < -0.4 is 5.32 Å². The van der Waals surface area contributed by atoms with Gasteiger partial charge in [-0.2, -0.15) is 0 Å². The fraction of sp³-hybridized carbons (Fsp3) is 0.484. The van der Waals surface area contributed by atoms with Gasteiger partial charge in [0.25, 0.3) is 0 Å². The number of esters is 2. The molecule has 5 nitrogen and oxygen atoms in total. The largest absolute Gasteiger partial charge is 0.463 e. The first-order valence-electron chi connectivity index (χ1n) is 13.3. The summed E-state index contributed by atoms with van der Waals surface area (Å²) in [4.78, 5) is 23.7. The Bertz CT molecular complexity index is 944. The lowest BCUT2D eigenvalue weighted by Crippen LogP contribution is -2.26. The molecule has 0 radical (unpaired) electrons. The van der Waals surface area contributed by atoms with Crippen molar-refractivity contribution in [3.05, 3.63) is 65.7 Å². The van der Waals surface area contributed by atoms with Crippen molar-refractivity contribution in [2.75, 3.05) is 18.5 Å². The monoisotopic (exact) mass is 491 g/mol. The van der Waals surface area contributed by atoms with Crippen molar-refractivity contribution in [3.8, 4) is 11.8 Å². The number of benzene rings is 2. The Morgan fingerprint density at radius 3 is 2.17 bits per heavy atom. The molecule has 0 aliphatic rings. The Balaban J connectivity index is 1.45. The molecule has 194 valence electrons. The molecule has 0 saturated carbocycles. The zero-order valence-electron chi connectivity index (χ0n) is 21.9. The van der Waals surface area contributed by atoms with E-state index in [0.717, 1.165) is 37.9 Å². The topological polar surface area (TPSA) is 64.6 Å². The lowest BCUT2D eigenvalue weighted by molar-refractivity contribution is -0.152. The van der Waals surface area contributed by atoms with Gasteiger partial charge in [-0.15, -0.1) is 11.8 Å². The van der Waals surface area contributed by atoms with E-state index in [0.29, 0.717) is 5.56 Å². The standard InChI is InChI=1S/C31H41NO4/c1-3-35-30(33)26(2)36-31(34)28-21-23-29(24-22-28)32-25-17-12-10-8-6-4-5-7-9-11-14-18-27-19-15-13-16-20-27/h13,15-16,19-24,26,32H,3-4,6,8-12,14,17-18,25H2,1-2H3. The highest BCUT2D eigenvalue weighted by molar-refractivity contribution is 5.91. The number of carbonyl (C=O) groups excluding carboxylic acids is 2. The molecule has 5 heteroatoms. The molecule has 0 aromatic heterocycles. The molecule has 0 aliphatic heterocycles. The number of carbonyl (C=O) groups is 2. The molecular formula is C31H41NO4. The van der Waals surface area contributed by atoms with Crippen molar-refractivity contribution in [1.29, 1.82) is 0 Å². The minimum Gasteiger partial charge on any atom is -0.463 e. The molecule has 0 bridgehead atoms. The SMILES string of the molecule is CCOC(=O)C(C)OC(=O)c1ccc(NCCCCCCCC#CCCCCc2ccccc2)cc1. The maximum atomic E-state index is 12.2. The van der Waals surface area contributed by atoms with Crippen molar-refractivity contribution in [2.45, 2.75) is 84.2 Å². The van der Waals surface area contributed by atoms with Crippen LogP contribution in [-0.2, 0) is 20.7 Å². The number of hydrogen-bond donors (Lipinski definition) is 1. The number of rotatable bonds is 16. The first-order valence-corrected chi connectivity index (χ1v) is 13.3. The van der Waals surface area contributed by atoms with Crippen molar-refractivity contribution >= 4 is 17.6 Å². The third kappa shape index (κ3) is 12.4. The molecule has 2 aromatic rings. The molecule has 2 rings (SSSR count). The van der Waals surface area contributed by atoms with E-state index in [2.05, 4.69) is 47.5 Å². The van der Waals surface area contributed by atoms with Crippen molar-refractivity contribution in [2.24, 2.45) is 0 Å². The summed E-state index contributed by atoms with van der Waals surface area (Å²) < 4.78 is 10.00. The molecule has 0 fully saturated rings. The summed E-state index contributed by atoms with van der Waals surface area (Å²) in [7, 11) is 0. The smallest absolute Gasteiger partial charge is 0.347 e. The van der Waals surface area contributed by atoms with Gasteiger partial charge in [-0.1, -0.05) is 49.6 Å². The minimum atomic E-state index is -0.919. The van der Waals surface area contributed by atoms with Gasteiger partial charge in [-0.3, -0.25) is 0 Å². The van der Waals surface area contributed by atoms with Gasteiger partial charge in [0.05, 0.1) is 12.2 Å². The lowest BCUT2D eigenvalue weighted by atomic mass is 10.1. The predicted octanol–water partition coefficient (Wildman–Crippen LogP) is 6.96. The summed E-state index contributed by atoms with van der Waals surface area (Å²) in [6.45, 7) is 4.37. The highest BCUT2D eigenvalue weighted by Crippen LogP contribution is 2.13. The maximum Gasteiger partial charge on any atom is 0.347 e. The van der Waals surface area contributed by atoms with Crippen LogP contribution >= 0.6 is 0 Å². The Labute approximate surface area is 217 Å². The zero-order chi connectivity index (χ0) is 25.8. The predicted molar refractivity (Wildman–Crippen MR) is 146 cm³/mol. The van der Waals surface area contributed by atoms with Crippen LogP contribution in [0.5, 0.6) is 0 Å². The van der Waals surface area contributed by atoms with Crippen LogP contribution in [0.3, 0.4) is 0 Å². The van der Waals surface area contributed by atoms with Crippen LogP contribution in [0.1, 0.15) is 87.6 Å². The van der Waals surface area contributed by atoms with Crippen LogP contribution in [0, 0.1) is 11.8 Å². The molecule has 0 amide bonds. The second-order valence-electron chi connectivity index (χ2n) is 8.87. The molecule has 1 unspecified atom stereocenters. The van der Waals surface area contributed by atoms with Gasteiger partial charge in [0, 0.05) is 25.1 Å². The molecule has 1 atom stereocenters. The minimum absolute atomic E-state index is 0.256. The molecule has 36 heavy (non-hydrogen) atoms. The van der Waals surface area contributed by atoms with Gasteiger partial charge in [0.15, 0.2) is 6.10 Å². The molecular weight excluding hydrogens is 450 g/mol. The van der Waals surface area contributed by atoms with Gasteiger partial charge in [0.2, 0.25) is 0 Å². The van der Waals surface area contributed by atoms with E-state index in [-0.39, 0.29) is 6.61 Å². The molecule has 0 saturated heterocycles. The summed E-state index contributed by atoms with van der Waals surface area (Å²) in [6.07, 6.45) is 10.6. The van der Waals surface area contributed by atoms with Crippen molar-refractivity contribution in [3.63, 3.8) is 0 Å². The van der Waals surface area contributed by atoms with Gasteiger partial charge in [-0.05, 0) is 75.8 Å². The summed E-state index contributed by atoms with van der Waals surface area (Å²) in [5, 5.41) is 3.38. The van der Waals surface area contributed by atoms with Crippen LogP contribution in [0.15, 0.2) is 54.6 Å². The Hall–Kier alpha value is -3.26. The van der Waals surface area contributed by atoms with E-state index in [4.69, 9.17) is 9.47 Å². The van der Waals surface area contributed by atoms with E-state index in [9.17, 15) is 9.59 Å². The van der Waals surface area contributed by atoms with E-state index in [1.165, 1.54) is 51.0 Å². The number of ether oxygens (including phenoxy) is 2. The van der Waals surface area contributed by atoms with Gasteiger partial charge in [-0.25, -0.2) is 9.59 Å². The molecule has 0 aliphatic carbocycles. The summed E-state index contributed by atoms with van der Waals surface area (Å²) >= 11 is 0. The Morgan fingerprint density at radius 1 is 0.833 bits per heavy atom. The van der Waals surface area contributed by atoms with Crippen LogP contribution in [0.2, 0.25) is 0 Å². The van der Waals surface area contributed by atoms with Gasteiger partial charge >= 0.3 is 11.9 Å². The summed E-state index contributed by atoms with van der Waals surface area (Å²) in [5.41, 5.74) is 2.79. The first-order chi connectivity index (χ1) is 17.6. The van der Waals surface area contributed by atoms with Crippen LogP contribution in [0.4, 0.5) is 5.69 Å². The fourth-order valence-electron chi connectivity index (χ4n) is 3.73. The van der Waals surface area contributed by atoms with Crippen LogP contribution in [0.25, 0.3) is 0 Å². The number of aryl methyl sites for hydroxylation is 1. The number of anilines is 1. The summed E-state index contributed by atoms with van der Waals surface area (Å²) in [5.74, 6) is 5.57. The van der Waals surface area contributed by atoms with E-state index in [1.807, 2.05) is 12.1 Å². The lowest BCUT2D eigenvalue weighted by Gasteiger charge is -2.12. The number of unbranched alkanes of at least 4 members (excludes halogenated alkanes) is 7. The molecule has 0 spiro atoms. The van der Waals surface area contributed by atoms with Crippen molar-refractivity contribution in [1.82, 2.24) is 0 Å². The second kappa shape index (κ2) is 18.1. The van der Waals surface area contributed by atoms with E-state index < -0.39 is 18.0 Å².